The van der Waals surface area contributed by atoms with E-state index in [1.807, 2.05) is 24.3 Å². The lowest BCUT2D eigenvalue weighted by Gasteiger charge is -2.13. The van der Waals surface area contributed by atoms with Crippen molar-refractivity contribution in [3.63, 3.8) is 0 Å². The van der Waals surface area contributed by atoms with Gasteiger partial charge in [-0.15, -0.1) is 0 Å². The second-order valence-corrected chi connectivity index (χ2v) is 4.89. The molecule has 1 aromatic carbocycles. The zero-order valence-corrected chi connectivity index (χ0v) is 11.8. The van der Waals surface area contributed by atoms with Gasteiger partial charge in [0.2, 0.25) is 0 Å². The number of ether oxygens (including phenoxy) is 1. The third-order valence-electron chi connectivity index (χ3n) is 2.75. The second-order valence-electron chi connectivity index (χ2n) is 4.46. The first-order valence-electron chi connectivity index (χ1n) is 6.53. The number of nitrogens with one attached hydrogen (secondary N) is 1. The van der Waals surface area contributed by atoms with Crippen LogP contribution in [0.25, 0.3) is 0 Å². The Kier molecular flexibility index (Phi) is 5.92. The van der Waals surface area contributed by atoms with E-state index in [2.05, 4.69) is 5.32 Å². The van der Waals surface area contributed by atoms with E-state index >= 15 is 0 Å². The number of aliphatic hydroxyl groups excluding tert-OH is 1. The molecule has 0 aliphatic carbocycles. The van der Waals surface area contributed by atoms with E-state index < -0.39 is 6.10 Å². The van der Waals surface area contributed by atoms with Gasteiger partial charge in [-0.2, -0.15) is 0 Å². The van der Waals surface area contributed by atoms with Crippen molar-refractivity contribution in [3.8, 4) is 5.75 Å². The SMILES string of the molecule is OC(CNCCc1ccco1)COc1cccc(Cl)c1. The number of hydrogen-bond donors (Lipinski definition) is 2. The zero-order chi connectivity index (χ0) is 14.2. The maximum absolute atomic E-state index is 9.79. The van der Waals surface area contributed by atoms with Gasteiger partial charge in [-0.3, -0.25) is 0 Å². The molecule has 0 aliphatic heterocycles. The summed E-state index contributed by atoms with van der Waals surface area (Å²) in [5.74, 6) is 1.59. The van der Waals surface area contributed by atoms with Crippen molar-refractivity contribution in [1.29, 1.82) is 0 Å². The van der Waals surface area contributed by atoms with Gasteiger partial charge in [0.25, 0.3) is 0 Å². The Morgan fingerprint density at radius 1 is 1.30 bits per heavy atom. The summed E-state index contributed by atoms with van der Waals surface area (Å²) in [7, 11) is 0. The average molecular weight is 296 g/mol. The first-order valence-corrected chi connectivity index (χ1v) is 6.91. The van der Waals surface area contributed by atoms with Crippen LogP contribution < -0.4 is 10.1 Å². The molecule has 0 radical (unpaired) electrons. The van der Waals surface area contributed by atoms with E-state index in [1.54, 1.807) is 18.4 Å². The van der Waals surface area contributed by atoms with Gasteiger partial charge in [-0.1, -0.05) is 17.7 Å². The molecule has 0 saturated heterocycles. The van der Waals surface area contributed by atoms with E-state index in [9.17, 15) is 5.11 Å². The predicted molar refractivity (Wildman–Crippen MR) is 78.2 cm³/mol. The summed E-state index contributed by atoms with van der Waals surface area (Å²) in [4.78, 5) is 0. The molecule has 20 heavy (non-hydrogen) atoms. The van der Waals surface area contributed by atoms with Crippen LogP contribution in [0.4, 0.5) is 0 Å². The summed E-state index contributed by atoms with van der Waals surface area (Å²) in [5, 5.41) is 13.6. The van der Waals surface area contributed by atoms with Gasteiger partial charge >= 0.3 is 0 Å². The maximum atomic E-state index is 9.79. The molecule has 2 rings (SSSR count). The summed E-state index contributed by atoms with van der Waals surface area (Å²) >= 11 is 5.85. The first-order chi connectivity index (χ1) is 9.74. The van der Waals surface area contributed by atoms with E-state index in [1.165, 1.54) is 0 Å². The van der Waals surface area contributed by atoms with Crippen molar-refractivity contribution < 1.29 is 14.3 Å². The van der Waals surface area contributed by atoms with Crippen molar-refractivity contribution in [1.82, 2.24) is 5.32 Å². The van der Waals surface area contributed by atoms with E-state index in [-0.39, 0.29) is 6.61 Å². The Morgan fingerprint density at radius 2 is 2.20 bits per heavy atom. The Hall–Kier alpha value is -1.49. The van der Waals surface area contributed by atoms with Crippen molar-refractivity contribution >= 4 is 11.6 Å². The Labute approximate surface area is 123 Å². The van der Waals surface area contributed by atoms with Gasteiger partial charge in [0, 0.05) is 24.5 Å². The highest BCUT2D eigenvalue weighted by Gasteiger charge is 2.05. The number of benzene rings is 1. The van der Waals surface area contributed by atoms with E-state index in [0.29, 0.717) is 17.3 Å². The summed E-state index contributed by atoms with van der Waals surface area (Å²) in [6.07, 6.45) is 1.89. The van der Waals surface area contributed by atoms with Crippen molar-refractivity contribution in [3.05, 3.63) is 53.4 Å². The van der Waals surface area contributed by atoms with Crippen LogP contribution in [-0.2, 0) is 6.42 Å². The molecule has 4 nitrogen and oxygen atoms in total. The number of furan rings is 1. The van der Waals surface area contributed by atoms with E-state index in [0.717, 1.165) is 18.7 Å². The van der Waals surface area contributed by atoms with Crippen LogP contribution in [0.3, 0.4) is 0 Å². The fraction of sp³-hybridized carbons (Fsp3) is 0.333. The van der Waals surface area contributed by atoms with Gasteiger partial charge in [0.1, 0.15) is 24.2 Å². The molecular weight excluding hydrogens is 278 g/mol. The van der Waals surface area contributed by atoms with Gasteiger partial charge in [-0.25, -0.2) is 0 Å². The highest BCUT2D eigenvalue weighted by Crippen LogP contribution is 2.17. The molecule has 2 N–H and O–H groups in total. The first kappa shape index (κ1) is 14.9. The maximum Gasteiger partial charge on any atom is 0.120 e. The highest BCUT2D eigenvalue weighted by atomic mass is 35.5. The standard InChI is InChI=1S/C15H18ClNO3/c16-12-3-1-4-15(9-12)20-11-13(18)10-17-7-6-14-5-2-8-19-14/h1-5,8-9,13,17-18H,6-7,10-11H2. The molecule has 0 fully saturated rings. The summed E-state index contributed by atoms with van der Waals surface area (Å²) in [5.41, 5.74) is 0. The quantitative estimate of drug-likeness (QED) is 0.735. The number of aliphatic hydroxyl groups is 1. The molecule has 5 heteroatoms. The fourth-order valence-electron chi connectivity index (χ4n) is 1.74. The minimum atomic E-state index is -0.564. The van der Waals surface area contributed by atoms with E-state index in [4.69, 9.17) is 20.8 Å². The van der Waals surface area contributed by atoms with Crippen molar-refractivity contribution in [2.75, 3.05) is 19.7 Å². The summed E-state index contributed by atoms with van der Waals surface area (Å²) in [6, 6.07) is 10.9. The van der Waals surface area contributed by atoms with Gasteiger partial charge in [0.05, 0.1) is 6.26 Å². The smallest absolute Gasteiger partial charge is 0.120 e. The number of hydrogen-bond acceptors (Lipinski definition) is 4. The molecule has 108 valence electrons. The molecule has 0 aliphatic rings. The molecule has 1 unspecified atom stereocenters. The van der Waals surface area contributed by atoms with Crippen molar-refractivity contribution in [2.45, 2.75) is 12.5 Å². The molecule has 2 aromatic rings. The molecule has 1 aromatic heterocycles. The lowest BCUT2D eigenvalue weighted by molar-refractivity contribution is 0.106. The lowest BCUT2D eigenvalue weighted by Crippen LogP contribution is -2.32. The normalized spacial score (nSPS) is 12.3. The largest absolute Gasteiger partial charge is 0.491 e. The molecular formula is C15H18ClNO3. The van der Waals surface area contributed by atoms with Gasteiger partial charge in [0.15, 0.2) is 0 Å². The Morgan fingerprint density at radius 3 is 2.95 bits per heavy atom. The van der Waals surface area contributed by atoms with Crippen LogP contribution in [0, 0.1) is 0 Å². The molecule has 0 spiro atoms. The molecule has 0 bridgehead atoms. The van der Waals surface area contributed by atoms with Crippen LogP contribution in [0.1, 0.15) is 5.76 Å². The Bertz CT molecular complexity index is 502. The van der Waals surface area contributed by atoms with Crippen LogP contribution in [-0.4, -0.2) is 30.9 Å². The fourth-order valence-corrected chi connectivity index (χ4v) is 1.92. The monoisotopic (exact) mass is 295 g/mol. The summed E-state index contributed by atoms with van der Waals surface area (Å²) in [6.45, 7) is 1.46. The van der Waals surface area contributed by atoms with Crippen LogP contribution in [0.15, 0.2) is 47.1 Å². The molecule has 1 atom stereocenters. The topological polar surface area (TPSA) is 54.6 Å². The third kappa shape index (κ3) is 5.25. The number of rotatable bonds is 8. The molecule has 0 saturated carbocycles. The van der Waals surface area contributed by atoms with Gasteiger partial charge < -0.3 is 19.6 Å². The van der Waals surface area contributed by atoms with Crippen LogP contribution in [0.5, 0.6) is 5.75 Å². The third-order valence-corrected chi connectivity index (χ3v) is 2.98. The minimum Gasteiger partial charge on any atom is -0.491 e. The van der Waals surface area contributed by atoms with Gasteiger partial charge in [-0.05, 0) is 30.3 Å². The molecule has 1 heterocycles. The zero-order valence-electron chi connectivity index (χ0n) is 11.1. The van der Waals surface area contributed by atoms with Crippen LogP contribution >= 0.6 is 11.6 Å². The highest BCUT2D eigenvalue weighted by molar-refractivity contribution is 6.30. The predicted octanol–water partition coefficient (Wildman–Crippen LogP) is 2.50. The van der Waals surface area contributed by atoms with Crippen LogP contribution in [0.2, 0.25) is 5.02 Å². The second kappa shape index (κ2) is 7.94. The minimum absolute atomic E-state index is 0.230. The van der Waals surface area contributed by atoms with Crippen molar-refractivity contribution in [2.24, 2.45) is 0 Å². The lowest BCUT2D eigenvalue weighted by atomic mass is 10.3. The summed E-state index contributed by atoms with van der Waals surface area (Å²) < 4.78 is 10.7. The number of halogens is 1. The average Bonchev–Trinajstić information content (AvgIpc) is 2.95. The molecule has 0 amide bonds. The Balaban J connectivity index is 1.59.